The number of ether oxygens (including phenoxy) is 1. The highest BCUT2D eigenvalue weighted by Gasteiger charge is 2.20. The monoisotopic (exact) mass is 331 g/mol. The van der Waals surface area contributed by atoms with E-state index in [1.165, 1.54) is 0 Å². The van der Waals surface area contributed by atoms with E-state index in [2.05, 4.69) is 41.4 Å². The molecule has 0 amide bonds. The van der Waals surface area contributed by atoms with Crippen molar-refractivity contribution in [1.29, 1.82) is 0 Å². The summed E-state index contributed by atoms with van der Waals surface area (Å²) in [6.45, 7) is 6.28. The fraction of sp³-hybridized carbons (Fsp3) is 0.438. The van der Waals surface area contributed by atoms with Crippen LogP contribution in [0.1, 0.15) is 27.2 Å². The number of rotatable bonds is 6. The minimum Gasteiger partial charge on any atom is -0.379 e. The maximum absolute atomic E-state index is 5.49. The highest BCUT2D eigenvalue weighted by atomic mass is 32.1. The van der Waals surface area contributed by atoms with Crippen LogP contribution in [0.25, 0.3) is 17.0 Å². The third-order valence-electron chi connectivity index (χ3n) is 3.79. The van der Waals surface area contributed by atoms with Crippen molar-refractivity contribution in [2.45, 2.75) is 38.8 Å². The first-order chi connectivity index (χ1) is 11.0. The number of anilines is 1. The molecule has 1 unspecified atom stereocenters. The topological polar surface area (TPSA) is 64.3 Å². The molecule has 6 nitrogen and oxygen atoms in total. The summed E-state index contributed by atoms with van der Waals surface area (Å²) in [5, 5.41) is 20.5. The van der Waals surface area contributed by atoms with Gasteiger partial charge in [0.25, 0.3) is 0 Å². The summed E-state index contributed by atoms with van der Waals surface area (Å²) in [5.74, 6) is 1.56. The van der Waals surface area contributed by atoms with E-state index in [0.29, 0.717) is 0 Å². The molecule has 3 heterocycles. The van der Waals surface area contributed by atoms with Crippen LogP contribution in [0.5, 0.6) is 0 Å². The van der Waals surface area contributed by atoms with Gasteiger partial charge in [-0.1, -0.05) is 0 Å². The number of methoxy groups -OCH3 is 1. The Morgan fingerprint density at radius 1 is 1.30 bits per heavy atom. The van der Waals surface area contributed by atoms with Crippen LogP contribution < -0.4 is 5.32 Å². The molecule has 7 heteroatoms. The summed E-state index contributed by atoms with van der Waals surface area (Å²) in [6.07, 6.45) is 0.878. The molecule has 3 rings (SSSR count). The first-order valence-corrected chi connectivity index (χ1v) is 8.49. The van der Waals surface area contributed by atoms with E-state index < -0.39 is 0 Å². The second-order valence-electron chi connectivity index (χ2n) is 6.24. The largest absolute Gasteiger partial charge is 0.379 e. The Morgan fingerprint density at radius 3 is 2.83 bits per heavy atom. The number of aromatic nitrogens is 4. The average Bonchev–Trinajstić information content (AvgIpc) is 3.14. The van der Waals surface area contributed by atoms with Crippen LogP contribution in [0, 0.1) is 0 Å². The Balaban J connectivity index is 1.84. The van der Waals surface area contributed by atoms with Gasteiger partial charge in [-0.25, -0.2) is 0 Å². The Morgan fingerprint density at radius 2 is 2.13 bits per heavy atom. The highest BCUT2D eigenvalue weighted by Crippen LogP contribution is 2.22. The van der Waals surface area contributed by atoms with Crippen LogP contribution in [-0.4, -0.2) is 38.6 Å². The van der Waals surface area contributed by atoms with Gasteiger partial charge < -0.3 is 10.1 Å². The molecule has 23 heavy (non-hydrogen) atoms. The van der Waals surface area contributed by atoms with Gasteiger partial charge in [-0.2, -0.15) is 15.9 Å². The lowest BCUT2D eigenvalue weighted by atomic mass is 10.00. The normalized spacial score (nSPS) is 13.4. The predicted molar refractivity (Wildman–Crippen MR) is 92.9 cm³/mol. The lowest BCUT2D eigenvalue weighted by molar-refractivity contribution is 0.0127. The molecule has 3 aromatic heterocycles. The Hall–Kier alpha value is -1.99. The van der Waals surface area contributed by atoms with Crippen molar-refractivity contribution in [1.82, 2.24) is 19.8 Å². The van der Waals surface area contributed by atoms with Crippen molar-refractivity contribution in [3.05, 3.63) is 29.0 Å². The molecule has 0 aliphatic carbocycles. The first-order valence-electron chi connectivity index (χ1n) is 7.55. The number of nitrogens with one attached hydrogen (secondary N) is 1. The lowest BCUT2D eigenvalue weighted by Gasteiger charge is -2.27. The Labute approximate surface area is 139 Å². The Bertz CT molecular complexity index is 781. The molecule has 1 N–H and O–H groups in total. The van der Waals surface area contributed by atoms with Crippen molar-refractivity contribution in [3.8, 4) is 11.4 Å². The zero-order valence-corrected chi connectivity index (χ0v) is 14.6. The first kappa shape index (κ1) is 15.9. The average molecular weight is 331 g/mol. The summed E-state index contributed by atoms with van der Waals surface area (Å²) in [5.41, 5.74) is 1.59. The van der Waals surface area contributed by atoms with Gasteiger partial charge in [0.1, 0.15) is 5.82 Å². The van der Waals surface area contributed by atoms with Gasteiger partial charge in [-0.3, -0.25) is 0 Å². The third-order valence-corrected chi connectivity index (χ3v) is 4.47. The zero-order valence-electron chi connectivity index (χ0n) is 13.8. The van der Waals surface area contributed by atoms with Crippen molar-refractivity contribution in [3.63, 3.8) is 0 Å². The molecule has 0 saturated heterocycles. The molecule has 1 atom stereocenters. The third kappa shape index (κ3) is 3.51. The van der Waals surface area contributed by atoms with E-state index in [4.69, 9.17) is 4.74 Å². The van der Waals surface area contributed by atoms with Gasteiger partial charge in [0.2, 0.25) is 0 Å². The van der Waals surface area contributed by atoms with Gasteiger partial charge in [0.05, 0.1) is 5.60 Å². The molecule has 0 spiro atoms. The maximum Gasteiger partial charge on any atom is 0.186 e. The van der Waals surface area contributed by atoms with Gasteiger partial charge in [0.15, 0.2) is 11.5 Å². The summed E-state index contributed by atoms with van der Waals surface area (Å²) in [6, 6.07) is 6.10. The van der Waals surface area contributed by atoms with Crippen LogP contribution >= 0.6 is 11.3 Å². The summed E-state index contributed by atoms with van der Waals surface area (Å²) in [7, 11) is 1.74. The van der Waals surface area contributed by atoms with Gasteiger partial charge in [0, 0.05) is 24.1 Å². The van der Waals surface area contributed by atoms with E-state index in [-0.39, 0.29) is 11.6 Å². The SMILES string of the molecule is COC(C)(C)CC(C)Nc1ccc2nnc(-c3ccsc3)n2n1. The van der Waals surface area contributed by atoms with E-state index in [1.54, 1.807) is 23.0 Å². The number of nitrogens with zero attached hydrogens (tertiary/aromatic N) is 4. The van der Waals surface area contributed by atoms with E-state index >= 15 is 0 Å². The van der Waals surface area contributed by atoms with E-state index in [0.717, 1.165) is 29.3 Å². The minimum absolute atomic E-state index is 0.172. The maximum atomic E-state index is 5.49. The number of hydrogen-bond donors (Lipinski definition) is 1. The summed E-state index contributed by atoms with van der Waals surface area (Å²) in [4.78, 5) is 0. The summed E-state index contributed by atoms with van der Waals surface area (Å²) >= 11 is 1.63. The zero-order chi connectivity index (χ0) is 16.4. The molecular formula is C16H21N5OS. The van der Waals surface area contributed by atoms with Crippen LogP contribution in [0.2, 0.25) is 0 Å². The molecule has 0 saturated carbocycles. The standard InChI is InChI=1S/C16H21N5OS/c1-11(9-16(2,3)22-4)17-13-5-6-14-18-19-15(21(14)20-13)12-7-8-23-10-12/h5-8,10-11H,9H2,1-4H3,(H,17,20). The van der Waals surface area contributed by atoms with E-state index in [9.17, 15) is 0 Å². The predicted octanol–water partition coefficient (Wildman–Crippen LogP) is 3.47. The Kier molecular flexibility index (Phi) is 4.32. The van der Waals surface area contributed by atoms with Crippen LogP contribution in [0.4, 0.5) is 5.82 Å². The number of thiophene rings is 1. The molecule has 3 aromatic rings. The fourth-order valence-electron chi connectivity index (χ4n) is 2.56. The van der Waals surface area contributed by atoms with Crippen molar-refractivity contribution in [2.75, 3.05) is 12.4 Å². The molecule has 122 valence electrons. The minimum atomic E-state index is -0.172. The fourth-order valence-corrected chi connectivity index (χ4v) is 3.20. The highest BCUT2D eigenvalue weighted by molar-refractivity contribution is 7.08. The summed E-state index contributed by atoms with van der Waals surface area (Å²) < 4.78 is 7.26. The molecule has 0 fully saturated rings. The van der Waals surface area contributed by atoms with E-state index in [1.807, 2.05) is 29.0 Å². The molecule has 0 radical (unpaired) electrons. The van der Waals surface area contributed by atoms with Crippen molar-refractivity contribution >= 4 is 22.8 Å². The van der Waals surface area contributed by atoms with Gasteiger partial charge in [-0.05, 0) is 50.8 Å². The van der Waals surface area contributed by atoms with Gasteiger partial charge in [-0.15, -0.1) is 15.3 Å². The van der Waals surface area contributed by atoms with Crippen LogP contribution in [-0.2, 0) is 4.74 Å². The molecule has 0 bridgehead atoms. The molecule has 0 aliphatic rings. The van der Waals surface area contributed by atoms with Crippen LogP contribution in [0.15, 0.2) is 29.0 Å². The quantitative estimate of drug-likeness (QED) is 0.749. The van der Waals surface area contributed by atoms with Crippen molar-refractivity contribution in [2.24, 2.45) is 0 Å². The number of hydrogen-bond acceptors (Lipinski definition) is 6. The smallest absolute Gasteiger partial charge is 0.186 e. The second kappa shape index (κ2) is 6.25. The number of fused-ring (bicyclic) bond motifs is 1. The van der Waals surface area contributed by atoms with Gasteiger partial charge >= 0.3 is 0 Å². The van der Waals surface area contributed by atoms with Crippen molar-refractivity contribution < 1.29 is 4.74 Å². The molecule has 0 aromatic carbocycles. The second-order valence-corrected chi connectivity index (χ2v) is 7.02. The lowest BCUT2D eigenvalue weighted by Crippen LogP contribution is -2.31. The van der Waals surface area contributed by atoms with Crippen LogP contribution in [0.3, 0.4) is 0 Å². The molecular weight excluding hydrogens is 310 g/mol. The molecule has 0 aliphatic heterocycles.